The van der Waals surface area contributed by atoms with Gasteiger partial charge >= 0.3 is 0 Å². The number of hydrogen-bond donors (Lipinski definition) is 1. The highest BCUT2D eigenvalue weighted by molar-refractivity contribution is 6.12. The van der Waals surface area contributed by atoms with Crippen LogP contribution in [0.3, 0.4) is 0 Å². The second-order valence-corrected chi connectivity index (χ2v) is 6.09. The lowest BCUT2D eigenvalue weighted by molar-refractivity contribution is 0.672. The average molecular weight is 306 g/mol. The third-order valence-corrected chi connectivity index (χ3v) is 4.09. The maximum absolute atomic E-state index is 4.77. The first-order valence-electron chi connectivity index (χ1n) is 9.36. The van der Waals surface area contributed by atoms with Crippen LogP contribution < -0.4 is 5.32 Å². The summed E-state index contributed by atoms with van der Waals surface area (Å²) in [6.45, 7) is 8.57. The standard InChI is InChI=1S/C19H35N3/c1-4-7-9-11-15-20-18-14-13-17(6-3)19(22-18)21-16-12-10-8-5-2/h13H,4-12,14-16H2,1-3H3,(H,20,21,22). The third-order valence-electron chi connectivity index (χ3n) is 4.09. The van der Waals surface area contributed by atoms with Crippen LogP contribution in [-0.2, 0) is 0 Å². The lowest BCUT2D eigenvalue weighted by Crippen LogP contribution is -2.35. The molecule has 0 saturated heterocycles. The van der Waals surface area contributed by atoms with Gasteiger partial charge in [-0.15, -0.1) is 0 Å². The van der Waals surface area contributed by atoms with Gasteiger partial charge in [0.15, 0.2) is 0 Å². The normalized spacial score (nSPS) is 18.6. The van der Waals surface area contributed by atoms with Gasteiger partial charge in [-0.25, -0.2) is 0 Å². The van der Waals surface area contributed by atoms with Crippen LogP contribution in [0.4, 0.5) is 0 Å². The summed E-state index contributed by atoms with van der Waals surface area (Å²) in [6, 6.07) is 0. The maximum atomic E-state index is 4.77. The number of hydrogen-bond acceptors (Lipinski definition) is 2. The third kappa shape index (κ3) is 7.77. The zero-order valence-electron chi connectivity index (χ0n) is 15.0. The highest BCUT2D eigenvalue weighted by Crippen LogP contribution is 2.11. The molecule has 1 rings (SSSR count). The number of rotatable bonds is 11. The van der Waals surface area contributed by atoms with Crippen molar-refractivity contribution in [1.29, 1.82) is 0 Å². The van der Waals surface area contributed by atoms with Gasteiger partial charge in [0.2, 0.25) is 0 Å². The first kappa shape index (κ1) is 18.9. The Kier molecular flexibility index (Phi) is 10.7. The molecule has 0 aromatic heterocycles. The van der Waals surface area contributed by atoms with Gasteiger partial charge in [0.1, 0.15) is 11.7 Å². The minimum atomic E-state index is 0.934. The van der Waals surface area contributed by atoms with Gasteiger partial charge in [-0.05, 0) is 24.8 Å². The number of unbranched alkanes of at least 4 members (excludes halogenated alkanes) is 6. The van der Waals surface area contributed by atoms with Crippen molar-refractivity contribution in [1.82, 2.24) is 5.32 Å². The van der Waals surface area contributed by atoms with Crippen LogP contribution in [-0.4, -0.2) is 24.8 Å². The van der Waals surface area contributed by atoms with E-state index < -0.39 is 0 Å². The Hall–Kier alpha value is -1.12. The molecule has 0 amide bonds. The molecule has 0 radical (unpaired) electrons. The van der Waals surface area contributed by atoms with Gasteiger partial charge in [-0.3, -0.25) is 9.98 Å². The van der Waals surface area contributed by atoms with Crippen LogP contribution in [0.1, 0.15) is 85.0 Å². The monoisotopic (exact) mass is 305 g/mol. The molecule has 0 fully saturated rings. The lowest BCUT2D eigenvalue weighted by atomic mass is 10.1. The van der Waals surface area contributed by atoms with E-state index in [1.165, 1.54) is 56.9 Å². The minimum absolute atomic E-state index is 0.934. The van der Waals surface area contributed by atoms with Crippen molar-refractivity contribution in [2.75, 3.05) is 13.1 Å². The van der Waals surface area contributed by atoms with Gasteiger partial charge in [-0.1, -0.05) is 65.4 Å². The van der Waals surface area contributed by atoms with Crippen molar-refractivity contribution in [3.05, 3.63) is 11.6 Å². The molecule has 3 heteroatoms. The summed E-state index contributed by atoms with van der Waals surface area (Å²) in [4.78, 5) is 9.48. The first-order chi connectivity index (χ1) is 10.8. The number of amidine groups is 2. The molecule has 0 aliphatic carbocycles. The lowest BCUT2D eigenvalue weighted by Gasteiger charge is -2.19. The van der Waals surface area contributed by atoms with Crippen LogP contribution >= 0.6 is 0 Å². The predicted molar refractivity (Wildman–Crippen MR) is 99.0 cm³/mol. The van der Waals surface area contributed by atoms with E-state index in [9.17, 15) is 0 Å². The summed E-state index contributed by atoms with van der Waals surface area (Å²) in [5, 5.41) is 3.47. The van der Waals surface area contributed by atoms with Gasteiger partial charge < -0.3 is 5.32 Å². The molecule has 1 N–H and O–H groups in total. The molecular weight excluding hydrogens is 270 g/mol. The first-order valence-corrected chi connectivity index (χ1v) is 9.36. The fourth-order valence-electron chi connectivity index (χ4n) is 2.62. The van der Waals surface area contributed by atoms with E-state index in [1.807, 2.05) is 0 Å². The summed E-state index contributed by atoms with van der Waals surface area (Å²) >= 11 is 0. The molecule has 0 aromatic rings. The van der Waals surface area contributed by atoms with Crippen LogP contribution in [0.25, 0.3) is 0 Å². The molecule has 3 nitrogen and oxygen atoms in total. The molecule has 1 aliphatic heterocycles. The van der Waals surface area contributed by atoms with E-state index in [4.69, 9.17) is 9.98 Å². The molecule has 126 valence electrons. The van der Waals surface area contributed by atoms with E-state index in [2.05, 4.69) is 32.2 Å². The SMILES string of the molecule is CCCCCCN=C1CC=C(CC)C(=NCCCCCC)N1. The van der Waals surface area contributed by atoms with Crippen molar-refractivity contribution in [3.8, 4) is 0 Å². The molecular formula is C19H35N3. The second kappa shape index (κ2) is 12.4. The number of aliphatic imine (C=N–C) groups is 2. The van der Waals surface area contributed by atoms with E-state index in [0.717, 1.165) is 37.6 Å². The second-order valence-electron chi connectivity index (χ2n) is 6.09. The van der Waals surface area contributed by atoms with Crippen molar-refractivity contribution in [2.45, 2.75) is 85.0 Å². The molecule has 0 spiro atoms. The fraction of sp³-hybridized carbons (Fsp3) is 0.789. The summed E-state index contributed by atoms with van der Waals surface area (Å²) in [7, 11) is 0. The zero-order valence-corrected chi connectivity index (χ0v) is 15.0. The van der Waals surface area contributed by atoms with Crippen LogP contribution in [0.2, 0.25) is 0 Å². The van der Waals surface area contributed by atoms with Crippen molar-refractivity contribution < 1.29 is 0 Å². The van der Waals surface area contributed by atoms with E-state index in [0.29, 0.717) is 0 Å². The molecule has 0 bridgehead atoms. The van der Waals surface area contributed by atoms with Crippen LogP contribution in [0.15, 0.2) is 21.6 Å². The number of nitrogens with zero attached hydrogens (tertiary/aromatic N) is 2. The molecule has 22 heavy (non-hydrogen) atoms. The average Bonchev–Trinajstić information content (AvgIpc) is 2.54. The van der Waals surface area contributed by atoms with E-state index in [-0.39, 0.29) is 0 Å². The summed E-state index contributed by atoms with van der Waals surface area (Å²) in [5.41, 5.74) is 1.35. The molecule has 0 saturated carbocycles. The highest BCUT2D eigenvalue weighted by atomic mass is 15.1. The molecule has 1 aliphatic rings. The Morgan fingerprint density at radius 2 is 1.50 bits per heavy atom. The molecule has 0 unspecified atom stereocenters. The maximum Gasteiger partial charge on any atom is 0.129 e. The Labute approximate surface area is 137 Å². The Bertz CT molecular complexity index is 380. The zero-order chi connectivity index (χ0) is 16.0. The highest BCUT2D eigenvalue weighted by Gasteiger charge is 2.13. The molecule has 0 aromatic carbocycles. The van der Waals surface area contributed by atoms with Gasteiger partial charge in [0.05, 0.1) is 0 Å². The van der Waals surface area contributed by atoms with Crippen molar-refractivity contribution >= 4 is 11.7 Å². The largest absolute Gasteiger partial charge is 0.329 e. The Balaban J connectivity index is 2.45. The summed E-state index contributed by atoms with van der Waals surface area (Å²) in [5.74, 6) is 2.17. The predicted octanol–water partition coefficient (Wildman–Crippen LogP) is 5.27. The van der Waals surface area contributed by atoms with Crippen LogP contribution in [0.5, 0.6) is 0 Å². The van der Waals surface area contributed by atoms with Gasteiger partial charge in [0.25, 0.3) is 0 Å². The topological polar surface area (TPSA) is 36.8 Å². The van der Waals surface area contributed by atoms with Crippen LogP contribution in [0, 0.1) is 0 Å². The Morgan fingerprint density at radius 1 is 0.864 bits per heavy atom. The van der Waals surface area contributed by atoms with Crippen molar-refractivity contribution in [3.63, 3.8) is 0 Å². The van der Waals surface area contributed by atoms with Gasteiger partial charge in [-0.2, -0.15) is 0 Å². The summed E-state index contributed by atoms with van der Waals surface area (Å²) in [6.07, 6.45) is 14.5. The molecule has 0 atom stereocenters. The summed E-state index contributed by atoms with van der Waals surface area (Å²) < 4.78 is 0. The van der Waals surface area contributed by atoms with E-state index in [1.54, 1.807) is 0 Å². The Morgan fingerprint density at radius 3 is 2.09 bits per heavy atom. The number of nitrogens with one attached hydrogen (secondary N) is 1. The quantitative estimate of drug-likeness (QED) is 0.518. The van der Waals surface area contributed by atoms with E-state index >= 15 is 0 Å². The fourth-order valence-corrected chi connectivity index (χ4v) is 2.62. The van der Waals surface area contributed by atoms with Gasteiger partial charge in [0, 0.05) is 19.5 Å². The van der Waals surface area contributed by atoms with Crippen molar-refractivity contribution in [2.24, 2.45) is 9.98 Å². The minimum Gasteiger partial charge on any atom is -0.329 e. The smallest absolute Gasteiger partial charge is 0.129 e. The molecule has 1 heterocycles.